The lowest BCUT2D eigenvalue weighted by Gasteiger charge is -2.08. The Bertz CT molecular complexity index is 367. The van der Waals surface area contributed by atoms with Crippen molar-refractivity contribution in [2.75, 3.05) is 0 Å². The second-order valence-electron chi connectivity index (χ2n) is 3.70. The average Bonchev–Trinajstić information content (AvgIpc) is 2.48. The van der Waals surface area contributed by atoms with E-state index in [0.717, 1.165) is 16.7 Å². The van der Waals surface area contributed by atoms with Gasteiger partial charge in [-0.2, -0.15) is 0 Å². The predicted molar refractivity (Wildman–Crippen MR) is 51.8 cm³/mol. The van der Waals surface area contributed by atoms with Gasteiger partial charge in [-0.25, -0.2) is 4.39 Å². The number of fused-ring (bicyclic) bond motifs is 1. The standard InChI is InChI=1S/C11H12FN/c1-7(2)10-3-8-5-13-6-9(8)4-11(10)12/h3-5,7H,6H2,1-2H3. The zero-order valence-corrected chi connectivity index (χ0v) is 7.84. The maximum atomic E-state index is 13.4. The molecule has 0 unspecified atom stereocenters. The van der Waals surface area contributed by atoms with Crippen molar-refractivity contribution in [1.82, 2.24) is 0 Å². The molecule has 1 aliphatic rings. The van der Waals surface area contributed by atoms with Crippen molar-refractivity contribution in [1.29, 1.82) is 0 Å². The SMILES string of the molecule is CC(C)c1cc2c(cc1F)CN=C2. The first-order valence-corrected chi connectivity index (χ1v) is 4.50. The van der Waals surface area contributed by atoms with Crippen molar-refractivity contribution >= 4 is 6.21 Å². The van der Waals surface area contributed by atoms with Gasteiger partial charge in [-0.3, -0.25) is 4.99 Å². The summed E-state index contributed by atoms with van der Waals surface area (Å²) in [5.41, 5.74) is 2.86. The summed E-state index contributed by atoms with van der Waals surface area (Å²) in [5.74, 6) is 0.138. The zero-order valence-electron chi connectivity index (χ0n) is 7.84. The van der Waals surface area contributed by atoms with Gasteiger partial charge in [-0.15, -0.1) is 0 Å². The minimum absolute atomic E-state index is 0.0979. The molecule has 0 saturated heterocycles. The van der Waals surface area contributed by atoms with Crippen LogP contribution < -0.4 is 0 Å². The summed E-state index contributed by atoms with van der Waals surface area (Å²) in [5, 5.41) is 0. The number of benzene rings is 1. The van der Waals surface area contributed by atoms with Crippen LogP contribution in [0.25, 0.3) is 0 Å². The monoisotopic (exact) mass is 177 g/mol. The Hall–Kier alpha value is -1.18. The molecule has 1 heterocycles. The molecule has 0 amide bonds. The van der Waals surface area contributed by atoms with Crippen LogP contribution >= 0.6 is 0 Å². The van der Waals surface area contributed by atoms with Gasteiger partial charge in [-0.1, -0.05) is 13.8 Å². The molecule has 0 radical (unpaired) electrons. The zero-order chi connectivity index (χ0) is 9.42. The van der Waals surface area contributed by atoms with E-state index < -0.39 is 0 Å². The Labute approximate surface area is 77.3 Å². The Balaban J connectivity index is 2.54. The quantitative estimate of drug-likeness (QED) is 0.625. The first kappa shape index (κ1) is 8.42. The number of hydrogen-bond donors (Lipinski definition) is 0. The second-order valence-corrected chi connectivity index (χ2v) is 3.70. The van der Waals surface area contributed by atoms with Gasteiger partial charge in [0.15, 0.2) is 0 Å². The summed E-state index contributed by atoms with van der Waals surface area (Å²) in [6.45, 7) is 4.62. The van der Waals surface area contributed by atoms with Crippen LogP contribution in [0, 0.1) is 5.82 Å². The van der Waals surface area contributed by atoms with Crippen molar-refractivity contribution in [3.05, 3.63) is 34.6 Å². The van der Waals surface area contributed by atoms with Gasteiger partial charge in [0, 0.05) is 6.21 Å². The molecule has 0 N–H and O–H groups in total. The molecule has 0 spiro atoms. The van der Waals surface area contributed by atoms with Crippen LogP contribution in [0.5, 0.6) is 0 Å². The van der Waals surface area contributed by atoms with Gasteiger partial charge in [-0.05, 0) is 34.7 Å². The summed E-state index contributed by atoms with van der Waals surface area (Å²) < 4.78 is 13.4. The second kappa shape index (κ2) is 2.95. The lowest BCUT2D eigenvalue weighted by atomic mass is 9.98. The Morgan fingerprint density at radius 1 is 1.38 bits per heavy atom. The van der Waals surface area contributed by atoms with Crippen molar-refractivity contribution < 1.29 is 4.39 Å². The highest BCUT2D eigenvalue weighted by Crippen LogP contribution is 2.24. The van der Waals surface area contributed by atoms with E-state index in [1.807, 2.05) is 26.1 Å². The van der Waals surface area contributed by atoms with Crippen LogP contribution in [0.3, 0.4) is 0 Å². The molecule has 0 bridgehead atoms. The Kier molecular flexibility index (Phi) is 1.91. The summed E-state index contributed by atoms with van der Waals surface area (Å²) in [7, 11) is 0. The largest absolute Gasteiger partial charge is 0.288 e. The molecular weight excluding hydrogens is 165 g/mol. The first-order chi connectivity index (χ1) is 6.18. The van der Waals surface area contributed by atoms with Gasteiger partial charge >= 0.3 is 0 Å². The van der Waals surface area contributed by atoms with Gasteiger partial charge in [0.2, 0.25) is 0 Å². The molecule has 0 aliphatic carbocycles. The van der Waals surface area contributed by atoms with Crippen molar-refractivity contribution in [3.63, 3.8) is 0 Å². The van der Waals surface area contributed by atoms with E-state index in [0.29, 0.717) is 6.54 Å². The molecule has 13 heavy (non-hydrogen) atoms. The van der Waals surface area contributed by atoms with E-state index in [1.165, 1.54) is 0 Å². The van der Waals surface area contributed by atoms with Gasteiger partial charge < -0.3 is 0 Å². The summed E-state index contributed by atoms with van der Waals surface area (Å²) in [6.07, 6.45) is 1.82. The van der Waals surface area contributed by atoms with E-state index >= 15 is 0 Å². The molecule has 2 heteroatoms. The van der Waals surface area contributed by atoms with E-state index in [9.17, 15) is 4.39 Å². The van der Waals surface area contributed by atoms with Crippen LogP contribution in [0.15, 0.2) is 17.1 Å². The molecule has 2 rings (SSSR count). The van der Waals surface area contributed by atoms with Crippen molar-refractivity contribution in [2.24, 2.45) is 4.99 Å². The highest BCUT2D eigenvalue weighted by molar-refractivity contribution is 5.84. The van der Waals surface area contributed by atoms with Crippen LogP contribution in [0.1, 0.15) is 36.5 Å². The van der Waals surface area contributed by atoms with Crippen molar-refractivity contribution in [3.8, 4) is 0 Å². The third-order valence-electron chi connectivity index (χ3n) is 2.37. The van der Waals surface area contributed by atoms with Crippen LogP contribution in [0.4, 0.5) is 4.39 Å². The van der Waals surface area contributed by atoms with Crippen molar-refractivity contribution in [2.45, 2.75) is 26.3 Å². The number of nitrogens with zero attached hydrogens (tertiary/aromatic N) is 1. The molecule has 68 valence electrons. The van der Waals surface area contributed by atoms with Gasteiger partial charge in [0.25, 0.3) is 0 Å². The van der Waals surface area contributed by atoms with Crippen LogP contribution in [0.2, 0.25) is 0 Å². The molecule has 1 aliphatic heterocycles. The van der Waals surface area contributed by atoms with E-state index in [2.05, 4.69) is 4.99 Å². The Morgan fingerprint density at radius 3 is 2.85 bits per heavy atom. The molecule has 1 aromatic rings. The third-order valence-corrected chi connectivity index (χ3v) is 2.37. The minimum Gasteiger partial charge on any atom is -0.288 e. The van der Waals surface area contributed by atoms with E-state index in [1.54, 1.807) is 6.07 Å². The van der Waals surface area contributed by atoms with Crippen LogP contribution in [-0.4, -0.2) is 6.21 Å². The number of rotatable bonds is 1. The van der Waals surface area contributed by atoms with E-state index in [-0.39, 0.29) is 11.7 Å². The fraction of sp³-hybridized carbons (Fsp3) is 0.364. The maximum Gasteiger partial charge on any atom is 0.127 e. The predicted octanol–water partition coefficient (Wildman–Crippen LogP) is 2.88. The number of hydrogen-bond acceptors (Lipinski definition) is 1. The molecular formula is C11H12FN. The fourth-order valence-electron chi connectivity index (χ4n) is 1.59. The highest BCUT2D eigenvalue weighted by atomic mass is 19.1. The third kappa shape index (κ3) is 1.37. The van der Waals surface area contributed by atoms with E-state index in [4.69, 9.17) is 0 Å². The molecule has 1 nitrogen and oxygen atoms in total. The van der Waals surface area contributed by atoms with Gasteiger partial charge in [0.05, 0.1) is 6.54 Å². The summed E-state index contributed by atoms with van der Waals surface area (Å²) in [6, 6.07) is 3.52. The highest BCUT2D eigenvalue weighted by Gasteiger charge is 2.13. The maximum absolute atomic E-state index is 13.4. The molecule has 0 aromatic heterocycles. The minimum atomic E-state index is -0.0979. The number of aliphatic imine (C=N–C) groups is 1. The Morgan fingerprint density at radius 2 is 2.15 bits per heavy atom. The van der Waals surface area contributed by atoms with Crippen LogP contribution in [-0.2, 0) is 6.54 Å². The molecule has 0 fully saturated rings. The molecule has 0 saturated carbocycles. The molecule has 0 atom stereocenters. The fourth-order valence-corrected chi connectivity index (χ4v) is 1.59. The first-order valence-electron chi connectivity index (χ1n) is 4.50. The average molecular weight is 177 g/mol. The normalized spacial score (nSPS) is 13.8. The molecule has 1 aromatic carbocycles. The number of halogens is 1. The lowest BCUT2D eigenvalue weighted by Crippen LogP contribution is -1.96. The summed E-state index contributed by atoms with van der Waals surface area (Å²) >= 11 is 0. The lowest BCUT2D eigenvalue weighted by molar-refractivity contribution is 0.596. The smallest absolute Gasteiger partial charge is 0.127 e. The summed E-state index contributed by atoms with van der Waals surface area (Å²) in [4.78, 5) is 4.10. The topological polar surface area (TPSA) is 12.4 Å². The van der Waals surface area contributed by atoms with Gasteiger partial charge in [0.1, 0.15) is 5.82 Å².